The predicted octanol–water partition coefficient (Wildman–Crippen LogP) is 6.35. The van der Waals surface area contributed by atoms with Crippen molar-refractivity contribution in [2.45, 2.75) is 24.2 Å². The Hall–Kier alpha value is -6.36. The Kier molecular flexibility index (Phi) is 8.09. The number of nitrogens with zero attached hydrogens (tertiary/aromatic N) is 2. The third kappa shape index (κ3) is 4.94. The molecular weight excluding hydrogens is 676 g/mol. The van der Waals surface area contributed by atoms with E-state index in [2.05, 4.69) is 0 Å². The first-order chi connectivity index (χ1) is 25.6. The molecule has 11 nitrogen and oxygen atoms in total. The van der Waals surface area contributed by atoms with Gasteiger partial charge in [-0.25, -0.2) is 4.90 Å². The molecule has 1 saturated heterocycles. The van der Waals surface area contributed by atoms with E-state index in [0.717, 1.165) is 4.90 Å². The third-order valence-electron chi connectivity index (χ3n) is 11.5. The molecule has 1 heterocycles. The summed E-state index contributed by atoms with van der Waals surface area (Å²) in [6.07, 6.45) is 3.46. The number of non-ortho nitro benzene ring substituents is 1. The number of benzene rings is 4. The third-order valence-corrected chi connectivity index (χ3v) is 11.5. The van der Waals surface area contributed by atoms with Crippen LogP contribution in [0, 0.1) is 33.8 Å². The predicted molar refractivity (Wildman–Crippen MR) is 193 cm³/mol. The fourth-order valence-corrected chi connectivity index (χ4v) is 9.35. The number of hydrogen-bond donors (Lipinski definition) is 1. The number of nitro benzene ring substituents is 1. The average Bonchev–Trinajstić information content (AvgIpc) is 3.44. The van der Waals surface area contributed by atoms with Gasteiger partial charge in [0.05, 0.1) is 42.1 Å². The fraction of sp³-hybridized carbons (Fsp3) is 0.238. The molecule has 4 aliphatic rings. The van der Waals surface area contributed by atoms with Crippen molar-refractivity contribution in [3.8, 4) is 17.2 Å². The lowest BCUT2D eigenvalue weighted by Gasteiger charge is -2.55. The highest BCUT2D eigenvalue weighted by Crippen LogP contribution is 2.65. The first-order valence-corrected chi connectivity index (χ1v) is 17.3. The molecule has 2 amide bonds. The van der Waals surface area contributed by atoms with E-state index in [1.807, 2.05) is 18.2 Å². The molecule has 6 unspecified atom stereocenters. The van der Waals surface area contributed by atoms with Crippen LogP contribution in [0.2, 0.25) is 0 Å². The number of aromatic hydroxyl groups is 1. The van der Waals surface area contributed by atoms with Crippen molar-refractivity contribution in [2.75, 3.05) is 19.1 Å². The number of phenolic OH excluding ortho intramolecular Hbond substituents is 1. The minimum Gasteiger partial charge on any atom is -0.507 e. The molecular formula is C42H34N2O9. The van der Waals surface area contributed by atoms with Gasteiger partial charge in [-0.2, -0.15) is 0 Å². The number of fused-ring (bicyclic) bond motifs is 4. The Morgan fingerprint density at radius 2 is 1.57 bits per heavy atom. The summed E-state index contributed by atoms with van der Waals surface area (Å²) < 4.78 is 11.3. The highest BCUT2D eigenvalue weighted by molar-refractivity contribution is 6.32. The maximum absolute atomic E-state index is 15.3. The number of ether oxygens (including phenoxy) is 2. The first-order valence-electron chi connectivity index (χ1n) is 17.3. The number of carbonyl (C=O) groups is 4. The zero-order valence-electron chi connectivity index (χ0n) is 28.8. The van der Waals surface area contributed by atoms with Gasteiger partial charge in [0.25, 0.3) is 5.69 Å². The smallest absolute Gasteiger partial charge is 0.271 e. The number of ketones is 2. The Bertz CT molecular complexity index is 2280. The standard InChI is InChI=1S/C42H34N2O9/c1-52-27-19-33(45)37(34(20-27)53-2)38-28-16-17-29-36(41(49)43(40(29)48)25-14-9-15-26(18-25)44(50)51)31(28)21-32-39(47)30(23-10-5-3-6-11-23)22-35(46)42(32,38)24-12-7-4-8-13-24/h3-16,18-20,22,29,31-32,36,38,45H,17,21H2,1-2H3. The Labute approximate surface area is 304 Å². The van der Waals surface area contributed by atoms with Crippen molar-refractivity contribution in [1.29, 1.82) is 0 Å². The molecule has 1 saturated carbocycles. The van der Waals surface area contributed by atoms with Crippen molar-refractivity contribution in [3.63, 3.8) is 0 Å². The van der Waals surface area contributed by atoms with Crippen LogP contribution in [0.25, 0.3) is 5.57 Å². The number of nitro groups is 1. The van der Waals surface area contributed by atoms with Crippen LogP contribution in [-0.2, 0) is 24.6 Å². The SMILES string of the molecule is COc1cc(O)c(C2C3=CCC4C(=O)N(c5cccc([N+](=O)[O-])c5)C(=O)C4C3CC3C(=O)C(c4ccccc4)=CC(=O)C32c2ccccc2)c(OC)c1. The second-order valence-corrected chi connectivity index (χ2v) is 13.8. The number of allylic oxidation sites excluding steroid dienone is 4. The van der Waals surface area contributed by atoms with Gasteiger partial charge in [-0.05, 0) is 42.0 Å². The number of hydrogen-bond acceptors (Lipinski definition) is 9. The molecule has 0 spiro atoms. The summed E-state index contributed by atoms with van der Waals surface area (Å²) in [6.45, 7) is 0. The van der Waals surface area contributed by atoms with E-state index in [1.165, 1.54) is 50.6 Å². The molecule has 1 aliphatic heterocycles. The van der Waals surface area contributed by atoms with Crippen LogP contribution in [0.1, 0.15) is 35.4 Å². The van der Waals surface area contributed by atoms with Crippen molar-refractivity contribution in [3.05, 3.63) is 142 Å². The molecule has 0 aromatic heterocycles. The van der Waals surface area contributed by atoms with Gasteiger partial charge in [0.1, 0.15) is 17.2 Å². The van der Waals surface area contributed by atoms with Crippen molar-refractivity contribution in [1.82, 2.24) is 0 Å². The van der Waals surface area contributed by atoms with Crippen molar-refractivity contribution < 1.29 is 38.7 Å². The fourth-order valence-electron chi connectivity index (χ4n) is 9.35. The molecule has 6 atom stereocenters. The quantitative estimate of drug-likeness (QED) is 0.100. The molecule has 8 rings (SSSR count). The van der Waals surface area contributed by atoms with E-state index in [-0.39, 0.29) is 58.4 Å². The number of imide groups is 1. The van der Waals surface area contributed by atoms with E-state index in [4.69, 9.17) is 9.47 Å². The highest BCUT2D eigenvalue weighted by Gasteiger charge is 2.66. The van der Waals surface area contributed by atoms with Crippen LogP contribution in [-0.4, -0.2) is 47.6 Å². The molecule has 0 bridgehead atoms. The lowest BCUT2D eigenvalue weighted by molar-refractivity contribution is -0.384. The topological polar surface area (TPSA) is 153 Å². The van der Waals surface area contributed by atoms with E-state index in [9.17, 15) is 24.8 Å². The van der Waals surface area contributed by atoms with Gasteiger partial charge in [0, 0.05) is 47.2 Å². The number of Topliss-reactive ketones (excluding diaryl/α,β-unsaturated/α-hetero) is 1. The zero-order chi connectivity index (χ0) is 37.2. The Balaban J connectivity index is 1.38. The number of carbonyl (C=O) groups excluding carboxylic acids is 4. The van der Waals surface area contributed by atoms with Gasteiger partial charge in [-0.3, -0.25) is 29.3 Å². The number of rotatable bonds is 7. The molecule has 3 aliphatic carbocycles. The summed E-state index contributed by atoms with van der Waals surface area (Å²) >= 11 is 0. The van der Waals surface area contributed by atoms with Gasteiger partial charge in [-0.1, -0.05) is 78.4 Å². The minimum absolute atomic E-state index is 0.0498. The summed E-state index contributed by atoms with van der Waals surface area (Å²) in [5, 5.41) is 23.5. The molecule has 0 radical (unpaired) electrons. The number of amides is 2. The number of phenols is 1. The summed E-state index contributed by atoms with van der Waals surface area (Å²) in [4.78, 5) is 71.1. The maximum atomic E-state index is 15.3. The Morgan fingerprint density at radius 1 is 0.849 bits per heavy atom. The van der Waals surface area contributed by atoms with Crippen molar-refractivity contribution >= 4 is 40.3 Å². The lowest BCUT2D eigenvalue weighted by Crippen LogP contribution is -2.58. The van der Waals surface area contributed by atoms with Crippen LogP contribution < -0.4 is 14.4 Å². The molecule has 53 heavy (non-hydrogen) atoms. The van der Waals surface area contributed by atoms with Crippen LogP contribution in [0.3, 0.4) is 0 Å². The molecule has 1 N–H and O–H groups in total. The van der Waals surface area contributed by atoms with Crippen LogP contribution in [0.15, 0.2) is 115 Å². The summed E-state index contributed by atoms with van der Waals surface area (Å²) in [5.41, 5.74) is 0.481. The van der Waals surface area contributed by atoms with E-state index in [1.54, 1.807) is 54.6 Å². The second-order valence-electron chi connectivity index (χ2n) is 13.8. The summed E-state index contributed by atoms with van der Waals surface area (Å²) in [5.74, 6) is -5.92. The van der Waals surface area contributed by atoms with E-state index < -0.39 is 51.7 Å². The Morgan fingerprint density at radius 3 is 2.25 bits per heavy atom. The van der Waals surface area contributed by atoms with Gasteiger partial charge < -0.3 is 14.6 Å². The van der Waals surface area contributed by atoms with Gasteiger partial charge in [0.15, 0.2) is 11.6 Å². The largest absolute Gasteiger partial charge is 0.507 e. The first kappa shape index (κ1) is 33.8. The molecule has 4 aromatic carbocycles. The molecule has 4 aromatic rings. The minimum atomic E-state index is -1.59. The average molecular weight is 711 g/mol. The number of methoxy groups -OCH3 is 2. The van der Waals surface area contributed by atoms with Crippen molar-refractivity contribution in [2.24, 2.45) is 23.7 Å². The van der Waals surface area contributed by atoms with Gasteiger partial charge in [-0.15, -0.1) is 0 Å². The zero-order valence-corrected chi connectivity index (χ0v) is 28.8. The second kappa shape index (κ2) is 12.7. The molecule has 11 heteroatoms. The van der Waals surface area contributed by atoms with Gasteiger partial charge in [0.2, 0.25) is 11.8 Å². The monoisotopic (exact) mass is 710 g/mol. The van der Waals surface area contributed by atoms with Crippen LogP contribution in [0.5, 0.6) is 17.2 Å². The number of anilines is 1. The van der Waals surface area contributed by atoms with E-state index >= 15 is 9.59 Å². The van der Waals surface area contributed by atoms with Gasteiger partial charge >= 0.3 is 0 Å². The summed E-state index contributed by atoms with van der Waals surface area (Å²) in [6, 6.07) is 26.4. The molecule has 266 valence electrons. The maximum Gasteiger partial charge on any atom is 0.271 e. The van der Waals surface area contributed by atoms with Crippen LogP contribution in [0.4, 0.5) is 11.4 Å². The summed E-state index contributed by atoms with van der Waals surface area (Å²) in [7, 11) is 2.89. The molecule has 2 fully saturated rings. The van der Waals surface area contributed by atoms with E-state index in [0.29, 0.717) is 22.4 Å². The highest BCUT2D eigenvalue weighted by atomic mass is 16.6. The van der Waals surface area contributed by atoms with Crippen LogP contribution >= 0.6 is 0 Å². The normalized spacial score (nSPS) is 26.2. The lowest BCUT2D eigenvalue weighted by atomic mass is 9.44.